The number of rotatable bonds is 6. The first kappa shape index (κ1) is 16.2. The fraction of sp³-hybridized carbons (Fsp3) is 0.727. The second kappa shape index (κ2) is 6.80. The lowest BCUT2D eigenvalue weighted by atomic mass is 10.5. The second-order valence-electron chi connectivity index (χ2n) is 4.40. The van der Waals surface area contributed by atoms with Crippen LogP contribution in [0.2, 0.25) is 0 Å². The standard InChI is InChI=1S/C11H21N2O3P/c1-9(2)15-17(14,16-10(3)4)11(7-12)8-13(5)6/h8-10H,1-6H3. The Morgan fingerprint density at radius 3 is 1.88 bits per heavy atom. The summed E-state index contributed by atoms with van der Waals surface area (Å²) in [6.45, 7) is 7.00. The van der Waals surface area contributed by atoms with Gasteiger partial charge in [-0.1, -0.05) is 0 Å². The Labute approximate surface area is 104 Å². The zero-order chi connectivity index (χ0) is 13.6. The van der Waals surface area contributed by atoms with E-state index in [1.54, 1.807) is 46.7 Å². The van der Waals surface area contributed by atoms with Gasteiger partial charge in [-0.2, -0.15) is 5.26 Å². The monoisotopic (exact) mass is 260 g/mol. The summed E-state index contributed by atoms with van der Waals surface area (Å²) < 4.78 is 23.2. The summed E-state index contributed by atoms with van der Waals surface area (Å²) in [7, 11) is -0.0523. The molecule has 0 aliphatic heterocycles. The summed E-state index contributed by atoms with van der Waals surface area (Å²) in [5.41, 5.74) is 0. The molecule has 98 valence electrons. The molecule has 0 spiro atoms. The maximum Gasteiger partial charge on any atom is 0.373 e. The molecular formula is C11H21N2O3P. The summed E-state index contributed by atoms with van der Waals surface area (Å²) in [4.78, 5) is 1.64. The lowest BCUT2D eigenvalue weighted by molar-refractivity contribution is 0.148. The molecule has 0 aromatic rings. The van der Waals surface area contributed by atoms with E-state index in [2.05, 4.69) is 0 Å². The average Bonchev–Trinajstić information content (AvgIpc) is 2.10. The van der Waals surface area contributed by atoms with Gasteiger partial charge in [0.25, 0.3) is 0 Å². The van der Waals surface area contributed by atoms with E-state index < -0.39 is 7.60 Å². The molecule has 5 nitrogen and oxygen atoms in total. The van der Waals surface area contributed by atoms with E-state index in [0.29, 0.717) is 0 Å². The maximum absolute atomic E-state index is 12.5. The molecule has 0 saturated carbocycles. The molecule has 0 fully saturated rings. The zero-order valence-electron chi connectivity index (χ0n) is 11.3. The molecular weight excluding hydrogens is 239 g/mol. The van der Waals surface area contributed by atoms with Crippen LogP contribution in [0.25, 0.3) is 0 Å². The van der Waals surface area contributed by atoms with Gasteiger partial charge in [0.05, 0.1) is 12.2 Å². The van der Waals surface area contributed by atoms with E-state index in [0.717, 1.165) is 0 Å². The summed E-state index contributed by atoms with van der Waals surface area (Å²) in [6.07, 6.45) is 0.905. The molecule has 0 radical (unpaired) electrons. The summed E-state index contributed by atoms with van der Waals surface area (Å²) in [5.74, 6) is 0. The van der Waals surface area contributed by atoms with Crippen LogP contribution in [0.5, 0.6) is 0 Å². The highest BCUT2D eigenvalue weighted by Crippen LogP contribution is 2.57. The third-order valence-electron chi connectivity index (χ3n) is 1.49. The summed E-state index contributed by atoms with van der Waals surface area (Å²) >= 11 is 0. The minimum absolute atomic E-state index is 0.0184. The maximum atomic E-state index is 12.5. The quantitative estimate of drug-likeness (QED) is 0.542. The van der Waals surface area contributed by atoms with Crippen molar-refractivity contribution in [1.82, 2.24) is 4.90 Å². The lowest BCUT2D eigenvalue weighted by Crippen LogP contribution is -2.11. The van der Waals surface area contributed by atoms with Crippen molar-refractivity contribution in [2.75, 3.05) is 14.1 Å². The van der Waals surface area contributed by atoms with Gasteiger partial charge < -0.3 is 13.9 Å². The van der Waals surface area contributed by atoms with E-state index >= 15 is 0 Å². The SMILES string of the molecule is CC(C)OP(=O)(OC(C)C)C(C#N)=CN(C)C. The Balaban J connectivity index is 5.30. The minimum Gasteiger partial charge on any atom is -0.382 e. The van der Waals surface area contributed by atoms with Crippen LogP contribution in [0.15, 0.2) is 11.5 Å². The van der Waals surface area contributed by atoms with Crippen LogP contribution in [-0.4, -0.2) is 31.2 Å². The van der Waals surface area contributed by atoms with Gasteiger partial charge in [-0.25, -0.2) is 0 Å². The van der Waals surface area contributed by atoms with Crippen LogP contribution in [0.3, 0.4) is 0 Å². The van der Waals surface area contributed by atoms with Crippen molar-refractivity contribution in [3.63, 3.8) is 0 Å². The lowest BCUT2D eigenvalue weighted by Gasteiger charge is -2.22. The van der Waals surface area contributed by atoms with Gasteiger partial charge in [0.2, 0.25) is 0 Å². The number of nitriles is 1. The predicted octanol–water partition coefficient (Wildman–Crippen LogP) is 2.96. The molecule has 0 saturated heterocycles. The molecule has 0 rings (SSSR count). The molecule has 0 bridgehead atoms. The van der Waals surface area contributed by atoms with E-state index in [9.17, 15) is 4.57 Å². The van der Waals surface area contributed by atoms with E-state index in [1.165, 1.54) is 6.20 Å². The van der Waals surface area contributed by atoms with Crippen LogP contribution < -0.4 is 0 Å². The van der Waals surface area contributed by atoms with Crippen molar-refractivity contribution in [2.45, 2.75) is 39.9 Å². The third-order valence-corrected chi connectivity index (χ3v) is 3.69. The van der Waals surface area contributed by atoms with E-state index in [1.807, 2.05) is 6.07 Å². The molecule has 0 atom stereocenters. The Kier molecular flexibility index (Phi) is 6.48. The molecule has 0 aliphatic rings. The van der Waals surface area contributed by atoms with Crippen molar-refractivity contribution >= 4 is 7.60 Å². The smallest absolute Gasteiger partial charge is 0.373 e. The van der Waals surface area contributed by atoms with Gasteiger partial charge in [0, 0.05) is 20.3 Å². The van der Waals surface area contributed by atoms with Crippen molar-refractivity contribution in [3.8, 4) is 6.07 Å². The van der Waals surface area contributed by atoms with Crippen LogP contribution in [0.4, 0.5) is 0 Å². The molecule has 0 aromatic heterocycles. The number of hydrogen-bond acceptors (Lipinski definition) is 5. The first-order valence-electron chi connectivity index (χ1n) is 5.47. The fourth-order valence-corrected chi connectivity index (χ4v) is 2.98. The average molecular weight is 260 g/mol. The molecule has 6 heteroatoms. The number of allylic oxidation sites excluding steroid dienone is 1. The minimum atomic E-state index is -3.54. The third kappa shape index (κ3) is 5.88. The van der Waals surface area contributed by atoms with Crippen LogP contribution in [0, 0.1) is 11.3 Å². The van der Waals surface area contributed by atoms with Crippen molar-refractivity contribution < 1.29 is 13.6 Å². The molecule has 17 heavy (non-hydrogen) atoms. The predicted molar refractivity (Wildman–Crippen MR) is 67.4 cm³/mol. The van der Waals surface area contributed by atoms with Crippen molar-refractivity contribution in [2.24, 2.45) is 0 Å². The van der Waals surface area contributed by atoms with Gasteiger partial charge >= 0.3 is 7.60 Å². The Morgan fingerprint density at radius 2 is 1.65 bits per heavy atom. The largest absolute Gasteiger partial charge is 0.382 e. The van der Waals surface area contributed by atoms with Gasteiger partial charge in [-0.15, -0.1) is 0 Å². The van der Waals surface area contributed by atoms with Gasteiger partial charge in [-0.3, -0.25) is 4.57 Å². The summed E-state index contributed by atoms with van der Waals surface area (Å²) in [6, 6.07) is 1.89. The molecule has 0 amide bonds. The zero-order valence-corrected chi connectivity index (χ0v) is 12.2. The van der Waals surface area contributed by atoms with Crippen LogP contribution >= 0.6 is 7.60 Å². The first-order chi connectivity index (χ1) is 7.71. The normalized spacial score (nSPS) is 13.0. The van der Waals surface area contributed by atoms with E-state index in [4.69, 9.17) is 14.3 Å². The van der Waals surface area contributed by atoms with Crippen LogP contribution in [-0.2, 0) is 13.6 Å². The van der Waals surface area contributed by atoms with Crippen LogP contribution in [0.1, 0.15) is 27.7 Å². The Bertz CT molecular complexity index is 342. The van der Waals surface area contributed by atoms with E-state index in [-0.39, 0.29) is 17.5 Å². The highest BCUT2D eigenvalue weighted by Gasteiger charge is 2.33. The number of nitrogens with zero attached hydrogens (tertiary/aromatic N) is 2. The first-order valence-corrected chi connectivity index (χ1v) is 7.01. The van der Waals surface area contributed by atoms with Crippen molar-refractivity contribution in [1.29, 1.82) is 5.26 Å². The topological polar surface area (TPSA) is 62.6 Å². The molecule has 0 unspecified atom stereocenters. The molecule has 0 N–H and O–H groups in total. The fourth-order valence-electron chi connectivity index (χ4n) is 1.10. The molecule has 0 heterocycles. The second-order valence-corrected chi connectivity index (χ2v) is 6.29. The molecule has 0 aromatic carbocycles. The summed E-state index contributed by atoms with van der Waals surface area (Å²) in [5, 5.41) is 9.08. The number of hydrogen-bond donors (Lipinski definition) is 0. The van der Waals surface area contributed by atoms with Gasteiger partial charge in [-0.05, 0) is 27.7 Å². The highest BCUT2D eigenvalue weighted by atomic mass is 31.2. The van der Waals surface area contributed by atoms with Gasteiger partial charge in [0.1, 0.15) is 6.07 Å². The van der Waals surface area contributed by atoms with Crippen molar-refractivity contribution in [3.05, 3.63) is 11.5 Å². The van der Waals surface area contributed by atoms with Gasteiger partial charge in [0.15, 0.2) is 5.31 Å². The highest BCUT2D eigenvalue weighted by molar-refractivity contribution is 7.58. The Hall–Kier alpha value is -0.820. The molecule has 0 aliphatic carbocycles. The Morgan fingerprint density at radius 1 is 1.24 bits per heavy atom.